The fourth-order valence-corrected chi connectivity index (χ4v) is 6.20. The smallest absolute Gasteiger partial charge is 0.433 e. The van der Waals surface area contributed by atoms with Crippen molar-refractivity contribution >= 4 is 12.0 Å². The minimum atomic E-state index is -4.71. The Morgan fingerprint density at radius 2 is 1.88 bits per heavy atom. The summed E-state index contributed by atoms with van der Waals surface area (Å²) in [5.74, 6) is 0.219. The van der Waals surface area contributed by atoms with E-state index in [1.807, 2.05) is 6.08 Å². The van der Waals surface area contributed by atoms with Crippen molar-refractivity contribution < 1.29 is 32.5 Å². The maximum atomic E-state index is 13.2. The van der Waals surface area contributed by atoms with Gasteiger partial charge in [0.25, 0.3) is 5.91 Å². The molecule has 3 aliphatic rings. The number of halogens is 3. The number of rotatable bonds is 9. The Labute approximate surface area is 236 Å². The van der Waals surface area contributed by atoms with Crippen LogP contribution in [0.3, 0.4) is 0 Å². The van der Waals surface area contributed by atoms with E-state index in [-0.39, 0.29) is 17.5 Å². The number of pyridine rings is 1. The van der Waals surface area contributed by atoms with Crippen LogP contribution in [0.1, 0.15) is 61.1 Å². The topological polar surface area (TPSA) is 119 Å². The Morgan fingerprint density at radius 3 is 2.54 bits per heavy atom. The van der Waals surface area contributed by atoms with E-state index in [4.69, 9.17) is 20.2 Å². The van der Waals surface area contributed by atoms with Gasteiger partial charge in [-0.05, 0) is 93.3 Å². The quantitative estimate of drug-likeness (QED) is 0.397. The molecule has 0 spiro atoms. The number of hydrogen-bond donors (Lipinski definition) is 3. The van der Waals surface area contributed by atoms with E-state index in [1.54, 1.807) is 12.1 Å². The molecule has 4 N–H and O–H groups in total. The summed E-state index contributed by atoms with van der Waals surface area (Å²) in [5, 5.41) is 16.0. The highest BCUT2D eigenvalue weighted by Crippen LogP contribution is 2.37. The monoisotopic (exact) mass is 574 g/mol. The van der Waals surface area contributed by atoms with Crippen molar-refractivity contribution in [3.63, 3.8) is 0 Å². The fourth-order valence-electron chi connectivity index (χ4n) is 6.20. The molecular weight excluding hydrogens is 537 g/mol. The zero-order valence-corrected chi connectivity index (χ0v) is 23.2. The van der Waals surface area contributed by atoms with Crippen LogP contribution in [0.25, 0.3) is 17.2 Å². The molecule has 1 aromatic heterocycles. The number of methoxy groups -OCH3 is 1. The number of carbonyl (C=O) groups is 1. The molecule has 41 heavy (non-hydrogen) atoms. The van der Waals surface area contributed by atoms with Crippen molar-refractivity contribution in [2.45, 2.75) is 62.8 Å². The van der Waals surface area contributed by atoms with Gasteiger partial charge in [-0.25, -0.2) is 4.98 Å². The van der Waals surface area contributed by atoms with Crippen LogP contribution in [-0.4, -0.2) is 61.1 Å². The summed E-state index contributed by atoms with van der Waals surface area (Å²) in [6.45, 7) is 3.16. The number of benzene rings is 1. The number of ether oxygens (including phenoxy) is 2. The van der Waals surface area contributed by atoms with Gasteiger partial charge in [0.15, 0.2) is 0 Å². The number of nitrogens with one attached hydrogen (secondary N) is 1. The van der Waals surface area contributed by atoms with E-state index in [0.717, 1.165) is 43.6 Å². The van der Waals surface area contributed by atoms with Crippen LogP contribution in [0.15, 0.2) is 29.3 Å². The number of nitrogens with two attached hydrogens (primary N) is 1. The normalized spacial score (nSPS) is 24.8. The van der Waals surface area contributed by atoms with Crippen molar-refractivity contribution in [2.75, 3.05) is 33.4 Å². The first-order chi connectivity index (χ1) is 19.6. The number of alkyl halides is 3. The minimum absolute atomic E-state index is 0.100. The number of amides is 1. The summed E-state index contributed by atoms with van der Waals surface area (Å²) < 4.78 is 51.1. The Balaban J connectivity index is 1.27. The lowest BCUT2D eigenvalue weighted by atomic mass is 9.76. The number of aromatic nitrogens is 1. The van der Waals surface area contributed by atoms with Crippen LogP contribution in [0.2, 0.25) is 0 Å². The van der Waals surface area contributed by atoms with Gasteiger partial charge < -0.3 is 25.6 Å². The van der Waals surface area contributed by atoms with Crippen molar-refractivity contribution in [2.24, 2.45) is 22.6 Å². The van der Waals surface area contributed by atoms with E-state index in [2.05, 4.69) is 10.3 Å². The maximum Gasteiger partial charge on any atom is 0.433 e. The van der Waals surface area contributed by atoms with E-state index >= 15 is 0 Å². The van der Waals surface area contributed by atoms with Gasteiger partial charge in [0.05, 0.1) is 30.7 Å². The summed E-state index contributed by atoms with van der Waals surface area (Å²) in [7, 11) is 1.44. The molecule has 2 aliphatic heterocycles. The van der Waals surface area contributed by atoms with Crippen molar-refractivity contribution in [1.82, 2.24) is 10.3 Å². The first kappa shape index (κ1) is 29.5. The average molecular weight is 575 g/mol. The van der Waals surface area contributed by atoms with Crippen LogP contribution in [0.5, 0.6) is 5.75 Å². The minimum Gasteiger partial charge on any atom is -0.496 e. The molecule has 5 rings (SSSR count). The van der Waals surface area contributed by atoms with Crippen molar-refractivity contribution in [3.8, 4) is 16.9 Å². The summed E-state index contributed by atoms with van der Waals surface area (Å²) in [6.07, 6.45) is 3.57. The maximum absolute atomic E-state index is 13.2. The Bertz CT molecular complexity index is 1380. The van der Waals surface area contributed by atoms with Crippen molar-refractivity contribution in [1.29, 1.82) is 0 Å². The number of fused-ring (bicyclic) bond motifs is 1. The number of piperidine rings is 1. The van der Waals surface area contributed by atoms with Crippen LogP contribution in [0.4, 0.5) is 13.2 Å². The van der Waals surface area contributed by atoms with Crippen LogP contribution in [-0.2, 0) is 10.9 Å². The molecule has 1 aliphatic carbocycles. The van der Waals surface area contributed by atoms with Gasteiger partial charge in [-0.3, -0.25) is 9.79 Å². The van der Waals surface area contributed by atoms with E-state index < -0.39 is 29.1 Å². The largest absolute Gasteiger partial charge is 0.496 e. The second-order valence-electron chi connectivity index (χ2n) is 11.4. The van der Waals surface area contributed by atoms with Crippen molar-refractivity contribution in [3.05, 3.63) is 46.2 Å². The molecule has 8 nitrogen and oxygen atoms in total. The third-order valence-electron chi connectivity index (χ3n) is 8.64. The molecular formula is C30H37F3N4O4. The lowest BCUT2D eigenvalue weighted by molar-refractivity contribution is -0.141. The fraction of sp³-hybridized carbons (Fsp3) is 0.567. The van der Waals surface area contributed by atoms with Gasteiger partial charge in [0.2, 0.25) is 0 Å². The van der Waals surface area contributed by atoms with Gasteiger partial charge >= 0.3 is 6.18 Å². The highest BCUT2D eigenvalue weighted by Gasteiger charge is 2.37. The standard InChI is InChI=1S/C30H37F3N4O4/c1-40-25-16-24-20(14-22(25)21-2-3-26(30(31,32)33)37-27(21)28(34)38)15-23(36-24)19-4-9-29(39,10-5-19)17-41-13-8-18-6-11-35-12-7-18/h2-3,14-16,18-19,23,35,39H,4-13,17H2,1H3,(H2,34,38). The molecule has 2 fully saturated rings. The highest BCUT2D eigenvalue weighted by molar-refractivity contribution is 5.98. The van der Waals surface area contributed by atoms with Gasteiger partial charge in [-0.1, -0.05) is 6.08 Å². The summed E-state index contributed by atoms with van der Waals surface area (Å²) in [5.41, 5.74) is 3.49. The molecule has 0 bridgehead atoms. The summed E-state index contributed by atoms with van der Waals surface area (Å²) >= 11 is 0. The number of primary amides is 1. The number of hydrogen-bond acceptors (Lipinski definition) is 7. The van der Waals surface area contributed by atoms with Gasteiger partial charge in [0.1, 0.15) is 17.1 Å². The van der Waals surface area contributed by atoms with Crippen LogP contribution < -0.4 is 26.4 Å². The zero-order valence-electron chi connectivity index (χ0n) is 23.2. The third kappa shape index (κ3) is 6.73. The van der Waals surface area contributed by atoms with E-state index in [9.17, 15) is 23.1 Å². The molecule has 1 amide bonds. The molecule has 3 heterocycles. The SMILES string of the molecule is COc1cc2c(cc1-c1ccc(C(F)(F)F)nc1C(N)=O)=CC(C1CCC(O)(COCCC3CCNCC3)CC1)N=2. The molecule has 1 unspecified atom stereocenters. The molecule has 1 atom stereocenters. The Kier molecular flexibility index (Phi) is 8.68. The second kappa shape index (κ2) is 12.1. The Morgan fingerprint density at radius 1 is 1.15 bits per heavy atom. The number of aliphatic hydroxyl groups is 1. The molecule has 1 aromatic carbocycles. The number of nitrogens with zero attached hydrogens (tertiary/aromatic N) is 2. The molecule has 11 heteroatoms. The van der Waals surface area contributed by atoms with Gasteiger partial charge in [-0.15, -0.1) is 0 Å². The van der Waals surface area contributed by atoms with Gasteiger partial charge in [0, 0.05) is 23.8 Å². The lowest BCUT2D eigenvalue weighted by Crippen LogP contribution is -2.40. The summed E-state index contributed by atoms with van der Waals surface area (Å²) in [4.78, 5) is 20.5. The van der Waals surface area contributed by atoms with E-state index in [0.29, 0.717) is 48.6 Å². The van der Waals surface area contributed by atoms with E-state index in [1.165, 1.54) is 26.0 Å². The first-order valence-electron chi connectivity index (χ1n) is 14.2. The van der Waals surface area contributed by atoms with Crippen LogP contribution >= 0.6 is 0 Å². The molecule has 1 saturated heterocycles. The molecule has 2 aromatic rings. The molecule has 1 saturated carbocycles. The predicted octanol–water partition coefficient (Wildman–Crippen LogP) is 2.98. The lowest BCUT2D eigenvalue weighted by Gasteiger charge is -2.37. The average Bonchev–Trinajstić information content (AvgIpc) is 3.37. The first-order valence-corrected chi connectivity index (χ1v) is 14.2. The molecule has 222 valence electrons. The summed E-state index contributed by atoms with van der Waals surface area (Å²) in [6, 6.07) is 5.39. The predicted molar refractivity (Wildman–Crippen MR) is 147 cm³/mol. The molecule has 0 radical (unpaired) electrons. The van der Waals surface area contributed by atoms with Gasteiger partial charge in [-0.2, -0.15) is 13.2 Å². The number of carbonyl (C=O) groups excluding carboxylic acids is 1. The second-order valence-corrected chi connectivity index (χ2v) is 11.4. The van der Waals surface area contributed by atoms with Crippen LogP contribution in [0, 0.1) is 11.8 Å². The zero-order chi connectivity index (χ0) is 29.2. The third-order valence-corrected chi connectivity index (χ3v) is 8.64. The highest BCUT2D eigenvalue weighted by atomic mass is 19.4. The Hall–Kier alpha value is -3.02.